The Bertz CT molecular complexity index is 964. The van der Waals surface area contributed by atoms with Crippen LogP contribution in [0.25, 0.3) is 11.1 Å². The van der Waals surface area contributed by atoms with Gasteiger partial charge in [-0.1, -0.05) is 48.5 Å². The zero-order valence-electron chi connectivity index (χ0n) is 19.6. The van der Waals surface area contributed by atoms with E-state index in [1.54, 1.807) is 27.7 Å². The van der Waals surface area contributed by atoms with E-state index in [9.17, 15) is 14.4 Å². The smallest absolute Gasteiger partial charge is 0.407 e. The molecule has 3 rings (SSSR count). The number of carbonyl (C=O) groups excluding carboxylic acids is 3. The molecule has 0 spiro atoms. The summed E-state index contributed by atoms with van der Waals surface area (Å²) < 4.78 is 15.8. The zero-order chi connectivity index (χ0) is 24.0. The number of nitrogens with one attached hydrogen (secondary N) is 1. The third kappa shape index (κ3) is 6.34. The van der Waals surface area contributed by atoms with Crippen LogP contribution in [0.1, 0.15) is 57.6 Å². The molecule has 0 unspecified atom stereocenters. The first kappa shape index (κ1) is 24.3. The molecule has 1 aliphatic rings. The van der Waals surface area contributed by atoms with Crippen LogP contribution in [0.5, 0.6) is 0 Å². The Hall–Kier alpha value is -3.35. The summed E-state index contributed by atoms with van der Waals surface area (Å²) in [6.07, 6.45) is -0.721. The zero-order valence-corrected chi connectivity index (χ0v) is 19.6. The van der Waals surface area contributed by atoms with Gasteiger partial charge in [0.05, 0.1) is 6.61 Å². The number of hydrogen-bond donors (Lipinski definition) is 1. The van der Waals surface area contributed by atoms with Gasteiger partial charge in [-0.15, -0.1) is 0 Å². The summed E-state index contributed by atoms with van der Waals surface area (Å²) in [6, 6.07) is 15.1. The van der Waals surface area contributed by atoms with Crippen molar-refractivity contribution < 1.29 is 28.6 Å². The third-order valence-corrected chi connectivity index (χ3v) is 5.26. The quantitative estimate of drug-likeness (QED) is 0.465. The maximum atomic E-state index is 12.6. The topological polar surface area (TPSA) is 90.9 Å². The van der Waals surface area contributed by atoms with E-state index >= 15 is 0 Å². The molecule has 0 saturated heterocycles. The largest absolute Gasteiger partial charge is 0.464 e. The van der Waals surface area contributed by atoms with E-state index in [2.05, 4.69) is 17.4 Å². The van der Waals surface area contributed by atoms with Crippen LogP contribution in [-0.2, 0) is 23.8 Å². The van der Waals surface area contributed by atoms with Gasteiger partial charge >= 0.3 is 18.0 Å². The molecule has 0 fully saturated rings. The molecule has 7 nitrogen and oxygen atoms in total. The molecule has 0 bridgehead atoms. The molecular weight excluding hydrogens is 422 g/mol. The summed E-state index contributed by atoms with van der Waals surface area (Å²) >= 11 is 0. The molecule has 0 aliphatic heterocycles. The molecule has 0 radical (unpaired) electrons. The van der Waals surface area contributed by atoms with Crippen LogP contribution in [0.3, 0.4) is 0 Å². The number of ether oxygens (including phenoxy) is 3. The molecule has 1 N–H and O–H groups in total. The third-order valence-electron chi connectivity index (χ3n) is 5.26. The van der Waals surface area contributed by atoms with Crippen LogP contribution in [0.4, 0.5) is 4.79 Å². The minimum atomic E-state index is -1.01. The molecule has 33 heavy (non-hydrogen) atoms. The van der Waals surface area contributed by atoms with Crippen LogP contribution < -0.4 is 5.32 Å². The van der Waals surface area contributed by atoms with Crippen molar-refractivity contribution in [1.82, 2.24) is 5.32 Å². The van der Waals surface area contributed by atoms with Gasteiger partial charge in [0.1, 0.15) is 18.2 Å². The highest BCUT2D eigenvalue weighted by Gasteiger charge is 2.30. The van der Waals surface area contributed by atoms with E-state index in [0.29, 0.717) is 0 Å². The van der Waals surface area contributed by atoms with Crippen LogP contribution in [0.15, 0.2) is 48.5 Å². The first-order valence-corrected chi connectivity index (χ1v) is 11.2. The molecule has 1 aliphatic carbocycles. The lowest BCUT2D eigenvalue weighted by atomic mass is 9.98. The van der Waals surface area contributed by atoms with E-state index in [-0.39, 0.29) is 32.0 Å². The van der Waals surface area contributed by atoms with Gasteiger partial charge in [0.15, 0.2) is 0 Å². The van der Waals surface area contributed by atoms with E-state index in [4.69, 9.17) is 14.2 Å². The molecule has 176 valence electrons. The normalized spacial score (nSPS) is 13.5. The van der Waals surface area contributed by atoms with Crippen LogP contribution in [-0.4, -0.2) is 42.9 Å². The fraction of sp³-hybridized carbons (Fsp3) is 0.423. The predicted molar refractivity (Wildman–Crippen MR) is 124 cm³/mol. The standard InChI is InChI=1S/C26H31NO6/c1-5-31-24(29)22(14-15-23(28)33-26(2,3)4)27-25(30)32-16-21-19-12-8-6-10-17(19)18-11-7-9-13-20(18)21/h6-13,21-22H,5,14-16H2,1-4H3,(H,27,30)/t22-/m0/s1. The summed E-state index contributed by atoms with van der Waals surface area (Å²) in [5.74, 6) is -1.16. The molecule has 7 heteroatoms. The fourth-order valence-corrected chi connectivity index (χ4v) is 3.93. The predicted octanol–water partition coefficient (Wildman–Crippen LogP) is 4.58. The second-order valence-corrected chi connectivity index (χ2v) is 8.90. The van der Waals surface area contributed by atoms with Crippen molar-refractivity contribution in [2.45, 2.75) is 58.1 Å². The Kier molecular flexibility index (Phi) is 7.74. The lowest BCUT2D eigenvalue weighted by molar-refractivity contribution is -0.155. The molecule has 1 atom stereocenters. The van der Waals surface area contributed by atoms with Crippen molar-refractivity contribution in [3.63, 3.8) is 0 Å². The Balaban J connectivity index is 1.62. The summed E-state index contributed by atoms with van der Waals surface area (Å²) in [6.45, 7) is 7.26. The second-order valence-electron chi connectivity index (χ2n) is 8.90. The molecule has 0 heterocycles. The van der Waals surface area contributed by atoms with Crippen LogP contribution in [0.2, 0.25) is 0 Å². The Labute approximate surface area is 194 Å². The van der Waals surface area contributed by atoms with E-state index < -0.39 is 29.7 Å². The number of amides is 1. The first-order valence-electron chi connectivity index (χ1n) is 11.2. The highest BCUT2D eigenvalue weighted by Crippen LogP contribution is 2.44. The maximum absolute atomic E-state index is 12.6. The first-order chi connectivity index (χ1) is 15.7. The molecule has 0 aromatic heterocycles. The highest BCUT2D eigenvalue weighted by molar-refractivity contribution is 5.82. The second kappa shape index (κ2) is 10.5. The van der Waals surface area contributed by atoms with E-state index in [0.717, 1.165) is 22.3 Å². The van der Waals surface area contributed by atoms with Crippen molar-refractivity contribution in [2.24, 2.45) is 0 Å². The monoisotopic (exact) mass is 453 g/mol. The molecule has 1 amide bonds. The number of hydrogen-bond acceptors (Lipinski definition) is 6. The van der Waals surface area contributed by atoms with Crippen molar-refractivity contribution in [3.05, 3.63) is 59.7 Å². The Morgan fingerprint density at radius 3 is 2.06 bits per heavy atom. The molecule has 2 aromatic rings. The maximum Gasteiger partial charge on any atom is 0.407 e. The average molecular weight is 454 g/mol. The van der Waals surface area contributed by atoms with Crippen molar-refractivity contribution in [1.29, 1.82) is 0 Å². The summed E-state index contributed by atoms with van der Waals surface area (Å²) in [4.78, 5) is 36.9. The summed E-state index contributed by atoms with van der Waals surface area (Å²) in [5, 5.41) is 2.55. The number of fused-ring (bicyclic) bond motifs is 3. The number of esters is 2. The van der Waals surface area contributed by atoms with Gasteiger partial charge < -0.3 is 19.5 Å². The Morgan fingerprint density at radius 2 is 1.52 bits per heavy atom. The fourth-order valence-electron chi connectivity index (χ4n) is 3.93. The van der Waals surface area contributed by atoms with Crippen LogP contribution in [0, 0.1) is 0 Å². The van der Waals surface area contributed by atoms with Gasteiger partial charge in [-0.2, -0.15) is 0 Å². The highest BCUT2D eigenvalue weighted by atomic mass is 16.6. The number of carbonyl (C=O) groups is 3. The van der Waals surface area contributed by atoms with Gasteiger partial charge in [0, 0.05) is 12.3 Å². The van der Waals surface area contributed by atoms with Gasteiger partial charge in [0.2, 0.25) is 0 Å². The van der Waals surface area contributed by atoms with Crippen LogP contribution >= 0.6 is 0 Å². The summed E-state index contributed by atoms with van der Waals surface area (Å²) in [7, 11) is 0. The molecule has 0 saturated carbocycles. The molecular formula is C26H31NO6. The van der Waals surface area contributed by atoms with Crippen molar-refractivity contribution in [3.8, 4) is 11.1 Å². The van der Waals surface area contributed by atoms with Gasteiger partial charge in [-0.3, -0.25) is 4.79 Å². The summed E-state index contributed by atoms with van der Waals surface area (Å²) in [5.41, 5.74) is 3.82. The number of rotatable bonds is 8. The SMILES string of the molecule is CCOC(=O)[C@H](CCC(=O)OC(C)(C)C)NC(=O)OCC1c2ccccc2-c2ccccc21. The van der Waals surface area contributed by atoms with Crippen molar-refractivity contribution >= 4 is 18.0 Å². The van der Waals surface area contributed by atoms with Crippen molar-refractivity contribution in [2.75, 3.05) is 13.2 Å². The van der Waals surface area contributed by atoms with Gasteiger partial charge in [-0.25, -0.2) is 9.59 Å². The molecule has 2 aromatic carbocycles. The number of benzene rings is 2. The average Bonchev–Trinajstić information content (AvgIpc) is 3.08. The Morgan fingerprint density at radius 1 is 0.939 bits per heavy atom. The minimum Gasteiger partial charge on any atom is -0.464 e. The lowest BCUT2D eigenvalue weighted by Gasteiger charge is -2.21. The van der Waals surface area contributed by atoms with E-state index in [1.807, 2.05) is 36.4 Å². The van der Waals surface area contributed by atoms with E-state index in [1.165, 1.54) is 0 Å². The number of alkyl carbamates (subject to hydrolysis) is 1. The van der Waals surface area contributed by atoms with Gasteiger partial charge in [0.25, 0.3) is 0 Å². The minimum absolute atomic E-state index is 0.0373. The van der Waals surface area contributed by atoms with Gasteiger partial charge in [-0.05, 0) is 56.4 Å². The lowest BCUT2D eigenvalue weighted by Crippen LogP contribution is -2.43.